The molecule has 1 heterocycles. The lowest BCUT2D eigenvalue weighted by Gasteiger charge is -2.19. The number of rotatable bonds is 5. The van der Waals surface area contributed by atoms with Crippen LogP contribution in [0.4, 0.5) is 4.39 Å². The normalized spacial score (nSPS) is 12.1. The van der Waals surface area contributed by atoms with Gasteiger partial charge in [0.1, 0.15) is 17.2 Å². The first-order valence-electron chi connectivity index (χ1n) is 9.70. The van der Waals surface area contributed by atoms with E-state index in [0.29, 0.717) is 11.1 Å². The standard InChI is InChI=1S/C25H25FO3/c1-6-22-24(25(3,4)5)19-13-18(10-12-23(19)29-22)21(28)11-9-16-7-8-17(15(2)27)14-20(16)26/h7-14H,6H2,1-5H3/b11-9+. The van der Waals surface area contributed by atoms with Gasteiger partial charge >= 0.3 is 0 Å². The number of halogens is 1. The van der Waals surface area contributed by atoms with E-state index in [-0.39, 0.29) is 22.5 Å². The molecule has 3 aromatic rings. The summed E-state index contributed by atoms with van der Waals surface area (Å²) in [5.41, 5.74) is 2.84. The number of hydrogen-bond acceptors (Lipinski definition) is 3. The van der Waals surface area contributed by atoms with Gasteiger partial charge in [0.2, 0.25) is 0 Å². The van der Waals surface area contributed by atoms with Crippen LogP contribution >= 0.6 is 0 Å². The molecule has 3 rings (SSSR count). The third-order valence-electron chi connectivity index (χ3n) is 4.94. The zero-order valence-corrected chi connectivity index (χ0v) is 17.4. The first kappa shape index (κ1) is 20.7. The molecular formula is C25H25FO3. The van der Waals surface area contributed by atoms with Crippen molar-refractivity contribution in [2.45, 2.75) is 46.5 Å². The number of fused-ring (bicyclic) bond motifs is 1. The highest BCUT2D eigenvalue weighted by atomic mass is 19.1. The second-order valence-electron chi connectivity index (χ2n) is 8.20. The van der Waals surface area contributed by atoms with Crippen LogP contribution in [0.3, 0.4) is 0 Å². The number of furan rings is 1. The maximum Gasteiger partial charge on any atom is 0.185 e. The minimum atomic E-state index is -0.533. The van der Waals surface area contributed by atoms with E-state index < -0.39 is 5.82 Å². The maximum absolute atomic E-state index is 14.2. The molecule has 0 fully saturated rings. The molecule has 0 saturated carbocycles. The lowest BCUT2D eigenvalue weighted by atomic mass is 9.84. The van der Waals surface area contributed by atoms with Gasteiger partial charge in [-0.25, -0.2) is 4.39 Å². The molecular weight excluding hydrogens is 367 g/mol. The summed E-state index contributed by atoms with van der Waals surface area (Å²) >= 11 is 0. The van der Waals surface area contributed by atoms with E-state index >= 15 is 0 Å². The van der Waals surface area contributed by atoms with Gasteiger partial charge in [-0.2, -0.15) is 0 Å². The second-order valence-corrected chi connectivity index (χ2v) is 8.20. The zero-order chi connectivity index (χ0) is 21.3. The van der Waals surface area contributed by atoms with Gasteiger partial charge in [0.25, 0.3) is 0 Å². The number of aryl methyl sites for hydroxylation is 1. The van der Waals surface area contributed by atoms with Gasteiger partial charge in [-0.1, -0.05) is 39.8 Å². The minimum Gasteiger partial charge on any atom is -0.461 e. The molecule has 0 aliphatic heterocycles. The summed E-state index contributed by atoms with van der Waals surface area (Å²) in [4.78, 5) is 24.0. The van der Waals surface area contributed by atoms with Crippen molar-refractivity contribution in [3.05, 3.63) is 76.3 Å². The molecule has 0 amide bonds. The Bertz CT molecular complexity index is 1130. The fourth-order valence-electron chi connectivity index (χ4n) is 3.52. The molecule has 0 radical (unpaired) electrons. The molecule has 3 nitrogen and oxygen atoms in total. The van der Waals surface area contributed by atoms with Crippen LogP contribution in [0, 0.1) is 5.82 Å². The smallest absolute Gasteiger partial charge is 0.185 e. The molecule has 0 saturated heterocycles. The van der Waals surface area contributed by atoms with E-state index in [1.165, 1.54) is 31.2 Å². The zero-order valence-electron chi connectivity index (χ0n) is 17.4. The van der Waals surface area contributed by atoms with Crippen molar-refractivity contribution in [2.24, 2.45) is 0 Å². The number of allylic oxidation sites excluding steroid dienone is 1. The minimum absolute atomic E-state index is 0.115. The van der Waals surface area contributed by atoms with E-state index in [4.69, 9.17) is 4.42 Å². The van der Waals surface area contributed by atoms with Gasteiger partial charge < -0.3 is 4.42 Å². The lowest BCUT2D eigenvalue weighted by molar-refractivity contribution is 0.101. The Kier molecular flexibility index (Phi) is 5.56. The van der Waals surface area contributed by atoms with Crippen molar-refractivity contribution >= 4 is 28.6 Å². The number of carbonyl (C=O) groups excluding carboxylic acids is 2. The molecule has 2 aromatic carbocycles. The fourth-order valence-corrected chi connectivity index (χ4v) is 3.52. The van der Waals surface area contributed by atoms with Crippen molar-refractivity contribution in [3.63, 3.8) is 0 Å². The largest absolute Gasteiger partial charge is 0.461 e. The number of ketones is 2. The summed E-state index contributed by atoms with van der Waals surface area (Å²) in [5, 5.41) is 0.936. The van der Waals surface area contributed by atoms with Crippen molar-refractivity contribution in [3.8, 4) is 0 Å². The molecule has 4 heteroatoms. The van der Waals surface area contributed by atoms with Gasteiger partial charge in [-0.15, -0.1) is 0 Å². The Morgan fingerprint density at radius 3 is 2.34 bits per heavy atom. The Morgan fingerprint density at radius 1 is 1.07 bits per heavy atom. The fraction of sp³-hybridized carbons (Fsp3) is 0.280. The summed E-state index contributed by atoms with van der Waals surface area (Å²) in [6.45, 7) is 9.80. The van der Waals surface area contributed by atoms with Crippen molar-refractivity contribution in [2.75, 3.05) is 0 Å². The molecule has 150 valence electrons. The molecule has 0 bridgehead atoms. The van der Waals surface area contributed by atoms with E-state index in [0.717, 1.165) is 28.7 Å². The maximum atomic E-state index is 14.2. The Morgan fingerprint density at radius 2 is 1.76 bits per heavy atom. The summed E-state index contributed by atoms with van der Waals surface area (Å²) in [6, 6.07) is 9.62. The predicted molar refractivity (Wildman–Crippen MR) is 114 cm³/mol. The van der Waals surface area contributed by atoms with Crippen molar-refractivity contribution in [1.82, 2.24) is 0 Å². The van der Waals surface area contributed by atoms with Crippen molar-refractivity contribution in [1.29, 1.82) is 0 Å². The first-order valence-corrected chi connectivity index (χ1v) is 9.70. The number of carbonyl (C=O) groups is 2. The summed E-state index contributed by atoms with van der Waals surface area (Å²) in [7, 11) is 0. The van der Waals surface area contributed by atoms with Crippen LogP contribution < -0.4 is 0 Å². The van der Waals surface area contributed by atoms with Crippen LogP contribution in [-0.2, 0) is 11.8 Å². The highest BCUT2D eigenvalue weighted by molar-refractivity contribution is 6.08. The van der Waals surface area contributed by atoms with Crippen LogP contribution in [0.2, 0.25) is 0 Å². The number of hydrogen-bond donors (Lipinski definition) is 0. The average molecular weight is 392 g/mol. The van der Waals surface area contributed by atoms with Gasteiger partial charge in [-0.3, -0.25) is 9.59 Å². The quantitative estimate of drug-likeness (QED) is 0.366. The van der Waals surface area contributed by atoms with Gasteiger partial charge in [-0.05, 0) is 48.8 Å². The second kappa shape index (κ2) is 7.78. The molecule has 0 aliphatic carbocycles. The number of Topliss-reactive ketones (excluding diaryl/α,β-unsaturated/α-hetero) is 1. The number of benzene rings is 2. The SMILES string of the molecule is CCc1oc2ccc(C(=O)/C=C/c3ccc(C(C)=O)cc3F)cc2c1C(C)(C)C. The van der Waals surface area contributed by atoms with Gasteiger partial charge in [0, 0.05) is 34.1 Å². The molecule has 0 aliphatic rings. The van der Waals surface area contributed by atoms with Crippen LogP contribution in [-0.4, -0.2) is 11.6 Å². The Labute approximate surface area is 170 Å². The predicted octanol–water partition coefficient (Wildman–Crippen LogP) is 6.53. The third kappa shape index (κ3) is 4.21. The van der Waals surface area contributed by atoms with Gasteiger partial charge in [0.15, 0.2) is 11.6 Å². The van der Waals surface area contributed by atoms with Gasteiger partial charge in [0.05, 0.1) is 0 Å². The molecule has 0 unspecified atom stereocenters. The highest BCUT2D eigenvalue weighted by Gasteiger charge is 2.24. The van der Waals surface area contributed by atoms with E-state index in [1.807, 2.05) is 19.1 Å². The molecule has 0 atom stereocenters. The summed E-state index contributed by atoms with van der Waals surface area (Å²) in [5.74, 6) is -0.0269. The van der Waals surface area contributed by atoms with Crippen LogP contribution in [0.25, 0.3) is 17.0 Å². The summed E-state index contributed by atoms with van der Waals surface area (Å²) in [6.07, 6.45) is 3.56. The van der Waals surface area contributed by atoms with E-state index in [2.05, 4.69) is 20.8 Å². The first-order chi connectivity index (χ1) is 13.6. The van der Waals surface area contributed by atoms with Crippen molar-refractivity contribution < 1.29 is 18.4 Å². The summed E-state index contributed by atoms with van der Waals surface area (Å²) < 4.78 is 20.1. The topological polar surface area (TPSA) is 47.3 Å². The molecule has 0 spiro atoms. The van der Waals surface area contributed by atoms with E-state index in [9.17, 15) is 14.0 Å². The van der Waals surface area contributed by atoms with Crippen LogP contribution in [0.5, 0.6) is 0 Å². The molecule has 0 N–H and O–H groups in total. The molecule has 29 heavy (non-hydrogen) atoms. The average Bonchev–Trinajstić information content (AvgIpc) is 3.04. The third-order valence-corrected chi connectivity index (χ3v) is 4.94. The Hall–Kier alpha value is -3.01. The van der Waals surface area contributed by atoms with E-state index in [1.54, 1.807) is 12.1 Å². The molecule has 1 aromatic heterocycles. The highest BCUT2D eigenvalue weighted by Crippen LogP contribution is 2.36. The van der Waals surface area contributed by atoms with Crippen LogP contribution in [0.1, 0.15) is 72.2 Å². The monoisotopic (exact) mass is 392 g/mol. The van der Waals surface area contributed by atoms with Crippen LogP contribution in [0.15, 0.2) is 46.9 Å². The Balaban J connectivity index is 1.95. The lowest BCUT2D eigenvalue weighted by Crippen LogP contribution is -2.12.